The van der Waals surface area contributed by atoms with Crippen LogP contribution in [0.25, 0.3) is 10.9 Å². The van der Waals surface area contributed by atoms with Crippen molar-refractivity contribution in [3.63, 3.8) is 0 Å². The number of aromatic amines is 2. The van der Waals surface area contributed by atoms with E-state index in [-0.39, 0.29) is 11.8 Å². The van der Waals surface area contributed by atoms with Gasteiger partial charge in [-0.15, -0.1) is 0 Å². The Labute approximate surface area is 161 Å². The number of nitrogens with zero attached hydrogens (tertiary/aromatic N) is 3. The van der Waals surface area contributed by atoms with Gasteiger partial charge in [0.1, 0.15) is 5.69 Å². The van der Waals surface area contributed by atoms with Crippen LogP contribution in [0.3, 0.4) is 0 Å². The fourth-order valence-corrected chi connectivity index (χ4v) is 4.08. The van der Waals surface area contributed by atoms with Crippen LogP contribution in [0.15, 0.2) is 30.3 Å². The number of benzene rings is 1. The molecule has 3 aromatic rings. The van der Waals surface area contributed by atoms with Crippen molar-refractivity contribution in [2.24, 2.45) is 0 Å². The summed E-state index contributed by atoms with van der Waals surface area (Å²) in [7, 11) is 0. The SMILES string of the molecule is O=C(c1cc2ccccc2[nH]1)N1CCc2[nH]nc(C(=O)N3CC[C@@H](O)C3)c2C1. The molecule has 5 rings (SSSR count). The zero-order valence-corrected chi connectivity index (χ0v) is 15.3. The molecule has 0 saturated carbocycles. The van der Waals surface area contributed by atoms with E-state index in [1.54, 1.807) is 9.80 Å². The number of aliphatic hydroxyl groups is 1. The lowest BCUT2D eigenvalue weighted by Gasteiger charge is -2.27. The third-order valence-electron chi connectivity index (χ3n) is 5.63. The van der Waals surface area contributed by atoms with Gasteiger partial charge in [0.2, 0.25) is 0 Å². The third-order valence-corrected chi connectivity index (χ3v) is 5.63. The van der Waals surface area contributed by atoms with E-state index in [1.807, 2.05) is 30.3 Å². The molecule has 1 atom stereocenters. The predicted molar refractivity (Wildman–Crippen MR) is 102 cm³/mol. The molecule has 2 aliphatic rings. The number of hydrogen-bond acceptors (Lipinski definition) is 4. The van der Waals surface area contributed by atoms with Gasteiger partial charge in [-0.1, -0.05) is 18.2 Å². The maximum atomic E-state index is 13.0. The minimum absolute atomic E-state index is 0.0851. The van der Waals surface area contributed by atoms with Crippen molar-refractivity contribution in [2.75, 3.05) is 19.6 Å². The van der Waals surface area contributed by atoms with Crippen LogP contribution < -0.4 is 0 Å². The van der Waals surface area contributed by atoms with Gasteiger partial charge >= 0.3 is 0 Å². The van der Waals surface area contributed by atoms with Gasteiger partial charge in [-0.2, -0.15) is 5.10 Å². The van der Waals surface area contributed by atoms with Crippen LogP contribution in [0.1, 0.15) is 38.7 Å². The van der Waals surface area contributed by atoms with Crippen molar-refractivity contribution < 1.29 is 14.7 Å². The average molecular weight is 379 g/mol. The van der Waals surface area contributed by atoms with Crippen LogP contribution in [0.4, 0.5) is 0 Å². The second kappa shape index (κ2) is 6.49. The van der Waals surface area contributed by atoms with Gasteiger partial charge in [-0.05, 0) is 18.6 Å². The fourth-order valence-electron chi connectivity index (χ4n) is 4.08. The quantitative estimate of drug-likeness (QED) is 0.624. The molecule has 0 unspecified atom stereocenters. The normalized spacial score (nSPS) is 19.2. The van der Waals surface area contributed by atoms with Crippen LogP contribution in [-0.2, 0) is 13.0 Å². The Morgan fingerprint density at radius 1 is 1.14 bits per heavy atom. The first-order valence-electron chi connectivity index (χ1n) is 9.50. The highest BCUT2D eigenvalue weighted by Crippen LogP contribution is 2.25. The summed E-state index contributed by atoms with van der Waals surface area (Å²) >= 11 is 0. The number of β-amino-alcohol motifs (C(OH)–C–C–N with tert-alkyl or cyclic N) is 1. The second-order valence-corrected chi connectivity index (χ2v) is 7.47. The van der Waals surface area contributed by atoms with Gasteiger partial charge in [-0.3, -0.25) is 14.7 Å². The van der Waals surface area contributed by atoms with Crippen LogP contribution >= 0.6 is 0 Å². The van der Waals surface area contributed by atoms with Gasteiger partial charge in [0.25, 0.3) is 11.8 Å². The number of aliphatic hydroxyl groups excluding tert-OH is 1. The molecule has 0 aliphatic carbocycles. The van der Waals surface area contributed by atoms with Crippen molar-refractivity contribution >= 4 is 22.7 Å². The molecular formula is C20H21N5O3. The lowest BCUT2D eigenvalue weighted by molar-refractivity contribution is 0.0714. The van der Waals surface area contributed by atoms with Crippen molar-refractivity contribution in [3.8, 4) is 0 Å². The molecule has 0 bridgehead atoms. The molecule has 8 nitrogen and oxygen atoms in total. The molecule has 0 radical (unpaired) electrons. The largest absolute Gasteiger partial charge is 0.391 e. The first-order chi connectivity index (χ1) is 13.6. The monoisotopic (exact) mass is 379 g/mol. The molecule has 4 heterocycles. The van der Waals surface area contributed by atoms with Gasteiger partial charge in [0, 0.05) is 48.2 Å². The lowest BCUT2D eigenvalue weighted by atomic mass is 10.0. The standard InChI is InChI=1S/C20H21N5O3/c26-13-5-7-24(10-13)20(28)18-14-11-25(8-6-16(14)22-23-18)19(27)17-9-12-3-1-2-4-15(12)21-17/h1-4,9,13,21,26H,5-8,10-11H2,(H,22,23)/t13-/m1/s1. The smallest absolute Gasteiger partial charge is 0.274 e. The van der Waals surface area contributed by atoms with E-state index in [9.17, 15) is 14.7 Å². The highest BCUT2D eigenvalue weighted by atomic mass is 16.3. The second-order valence-electron chi connectivity index (χ2n) is 7.47. The van der Waals surface area contributed by atoms with E-state index < -0.39 is 6.10 Å². The summed E-state index contributed by atoms with van der Waals surface area (Å²) in [6.07, 6.45) is 0.742. The minimum atomic E-state index is -0.473. The molecule has 8 heteroatoms. The number of likely N-dealkylation sites (tertiary alicyclic amines) is 1. The van der Waals surface area contributed by atoms with Crippen LogP contribution in [0.2, 0.25) is 0 Å². The van der Waals surface area contributed by atoms with Crippen molar-refractivity contribution in [1.82, 2.24) is 25.0 Å². The maximum absolute atomic E-state index is 13.0. The summed E-state index contributed by atoms with van der Waals surface area (Å²) in [5.41, 5.74) is 3.52. The minimum Gasteiger partial charge on any atom is -0.391 e. The average Bonchev–Trinajstić information content (AvgIpc) is 3.43. The molecule has 28 heavy (non-hydrogen) atoms. The molecule has 1 fully saturated rings. The number of fused-ring (bicyclic) bond motifs is 2. The Morgan fingerprint density at radius 3 is 2.79 bits per heavy atom. The molecule has 1 saturated heterocycles. The third kappa shape index (κ3) is 2.77. The van der Waals surface area contributed by atoms with E-state index in [1.165, 1.54) is 0 Å². The van der Waals surface area contributed by atoms with Gasteiger partial charge < -0.3 is 19.9 Å². The molecule has 2 aliphatic heterocycles. The molecule has 144 valence electrons. The molecule has 1 aromatic carbocycles. The zero-order valence-electron chi connectivity index (χ0n) is 15.3. The Bertz CT molecular complexity index is 1040. The van der Waals surface area contributed by atoms with Crippen LogP contribution in [0.5, 0.6) is 0 Å². The van der Waals surface area contributed by atoms with E-state index in [0.717, 1.165) is 22.2 Å². The van der Waals surface area contributed by atoms with Gasteiger partial charge in [0.15, 0.2) is 5.69 Å². The zero-order chi connectivity index (χ0) is 19.3. The number of carbonyl (C=O) groups is 2. The number of carbonyl (C=O) groups excluding carboxylic acids is 2. The van der Waals surface area contributed by atoms with E-state index in [4.69, 9.17) is 0 Å². The van der Waals surface area contributed by atoms with E-state index in [2.05, 4.69) is 15.2 Å². The van der Waals surface area contributed by atoms with E-state index in [0.29, 0.717) is 50.4 Å². The Balaban J connectivity index is 1.39. The van der Waals surface area contributed by atoms with Crippen LogP contribution in [-0.4, -0.2) is 67.6 Å². The summed E-state index contributed by atoms with van der Waals surface area (Å²) in [6.45, 7) is 1.77. The highest BCUT2D eigenvalue weighted by molar-refractivity contribution is 5.98. The van der Waals surface area contributed by atoms with Crippen LogP contribution in [0, 0.1) is 0 Å². The molecule has 3 N–H and O–H groups in total. The van der Waals surface area contributed by atoms with Crippen molar-refractivity contribution in [3.05, 3.63) is 53.0 Å². The number of para-hydroxylation sites is 1. The Kier molecular flexibility index (Phi) is 3.94. The Hall–Kier alpha value is -3.13. The maximum Gasteiger partial charge on any atom is 0.274 e. The number of amides is 2. The lowest BCUT2D eigenvalue weighted by Crippen LogP contribution is -2.37. The van der Waals surface area contributed by atoms with E-state index >= 15 is 0 Å². The van der Waals surface area contributed by atoms with Gasteiger partial charge in [0.05, 0.1) is 12.6 Å². The molecule has 2 amide bonds. The predicted octanol–water partition coefficient (Wildman–Crippen LogP) is 1.30. The number of nitrogens with one attached hydrogen (secondary N) is 2. The first kappa shape index (κ1) is 17.0. The topological polar surface area (TPSA) is 105 Å². The number of hydrogen-bond donors (Lipinski definition) is 3. The van der Waals surface area contributed by atoms with Crippen molar-refractivity contribution in [1.29, 1.82) is 0 Å². The fraction of sp³-hybridized carbons (Fsp3) is 0.350. The summed E-state index contributed by atoms with van der Waals surface area (Å²) in [5, 5.41) is 17.9. The van der Waals surface area contributed by atoms with Gasteiger partial charge in [-0.25, -0.2) is 0 Å². The highest BCUT2D eigenvalue weighted by Gasteiger charge is 2.33. The number of H-pyrrole nitrogens is 2. The summed E-state index contributed by atoms with van der Waals surface area (Å²) in [4.78, 5) is 32.4. The summed E-state index contributed by atoms with van der Waals surface area (Å²) < 4.78 is 0. The Morgan fingerprint density at radius 2 is 2.00 bits per heavy atom. The number of aromatic nitrogens is 3. The molecular weight excluding hydrogens is 358 g/mol. The first-order valence-corrected chi connectivity index (χ1v) is 9.50. The summed E-state index contributed by atoms with van der Waals surface area (Å²) in [5.74, 6) is -0.271. The molecule has 2 aromatic heterocycles. The van der Waals surface area contributed by atoms with Crippen molar-refractivity contribution in [2.45, 2.75) is 25.5 Å². The number of rotatable bonds is 2. The summed E-state index contributed by atoms with van der Waals surface area (Å²) in [6, 6.07) is 9.64. The molecule has 0 spiro atoms.